The highest BCUT2D eigenvalue weighted by Crippen LogP contribution is 2.40. The average Bonchev–Trinajstić information content (AvgIpc) is 3.24. The fourth-order valence-electron chi connectivity index (χ4n) is 3.25. The Balaban J connectivity index is 2.31. The Hall–Kier alpha value is 0.1000. The highest BCUT2D eigenvalue weighted by atomic mass is 79.9. The van der Waals surface area contributed by atoms with E-state index in [2.05, 4.69) is 68.6 Å². The second-order valence-electron chi connectivity index (χ2n) is 6.84. The van der Waals surface area contributed by atoms with E-state index in [0.29, 0.717) is 0 Å². The maximum Gasteiger partial charge on any atom is 0.0317 e. The minimum absolute atomic E-state index is 1.20. The van der Waals surface area contributed by atoms with Crippen molar-refractivity contribution in [2.75, 3.05) is 0 Å². The molecule has 0 radical (unpaired) electrons. The molecule has 0 bridgehead atoms. The van der Waals surface area contributed by atoms with Gasteiger partial charge in [0.25, 0.3) is 0 Å². The lowest BCUT2D eigenvalue weighted by Crippen LogP contribution is -1.92. The molecule has 0 aliphatic heterocycles. The Kier molecular flexibility index (Phi) is 10.8. The minimum atomic E-state index is 1.20. The first-order chi connectivity index (χ1) is 12.7. The van der Waals surface area contributed by atoms with Crippen molar-refractivity contribution < 1.29 is 0 Å². The van der Waals surface area contributed by atoms with Gasteiger partial charge in [-0.15, -0.1) is 22.7 Å². The van der Waals surface area contributed by atoms with E-state index in [1.54, 1.807) is 11.1 Å². The van der Waals surface area contributed by atoms with Crippen molar-refractivity contribution in [1.29, 1.82) is 0 Å². The monoisotopic (exact) mass is 516 g/mol. The van der Waals surface area contributed by atoms with Crippen molar-refractivity contribution in [1.82, 2.24) is 0 Å². The minimum Gasteiger partial charge on any atom is -0.143 e. The SMILES string of the molecule is CCCCCC/C(=C(/CCCCCC)c1cc(Br)cs1)c1cc(Br)cs1. The highest BCUT2D eigenvalue weighted by molar-refractivity contribution is 9.10. The first kappa shape index (κ1) is 22.4. The van der Waals surface area contributed by atoms with Gasteiger partial charge in [0.1, 0.15) is 0 Å². The lowest BCUT2D eigenvalue weighted by molar-refractivity contribution is 0.673. The molecule has 26 heavy (non-hydrogen) atoms. The van der Waals surface area contributed by atoms with Crippen LogP contribution < -0.4 is 0 Å². The van der Waals surface area contributed by atoms with Crippen LogP contribution in [-0.2, 0) is 0 Å². The largest absolute Gasteiger partial charge is 0.143 e. The molecule has 0 saturated heterocycles. The number of hydrogen-bond donors (Lipinski definition) is 0. The summed E-state index contributed by atoms with van der Waals surface area (Å²) in [6.45, 7) is 4.57. The first-order valence-corrected chi connectivity index (χ1v) is 13.2. The van der Waals surface area contributed by atoms with Crippen molar-refractivity contribution in [3.05, 3.63) is 41.6 Å². The zero-order valence-corrected chi connectivity index (χ0v) is 20.8. The van der Waals surface area contributed by atoms with Gasteiger partial charge in [-0.2, -0.15) is 0 Å². The molecule has 0 aliphatic rings. The number of unbranched alkanes of at least 4 members (excludes halogenated alkanes) is 6. The van der Waals surface area contributed by atoms with Crippen LogP contribution in [0, 0.1) is 0 Å². The van der Waals surface area contributed by atoms with Gasteiger partial charge >= 0.3 is 0 Å². The van der Waals surface area contributed by atoms with Crippen LogP contribution in [0.25, 0.3) is 11.1 Å². The third kappa shape index (κ3) is 7.26. The maximum atomic E-state index is 3.66. The second kappa shape index (κ2) is 12.5. The van der Waals surface area contributed by atoms with Crippen LogP contribution >= 0.6 is 54.5 Å². The van der Waals surface area contributed by atoms with E-state index in [1.807, 2.05) is 22.7 Å². The Labute approximate surface area is 184 Å². The summed E-state index contributed by atoms with van der Waals surface area (Å²) in [5, 5.41) is 4.45. The molecular formula is C22H30Br2S2. The normalized spacial score (nSPS) is 12.5. The topological polar surface area (TPSA) is 0 Å². The molecule has 2 aromatic heterocycles. The quantitative estimate of drug-likeness (QED) is 0.245. The molecule has 0 aromatic carbocycles. The Morgan fingerprint density at radius 3 is 1.42 bits per heavy atom. The molecular weight excluding hydrogens is 488 g/mol. The molecule has 2 aromatic rings. The molecule has 0 spiro atoms. The van der Waals surface area contributed by atoms with Crippen LogP contribution in [0.5, 0.6) is 0 Å². The van der Waals surface area contributed by atoms with Crippen LogP contribution in [0.15, 0.2) is 31.8 Å². The predicted octanol–water partition coefficient (Wildman–Crippen LogP) is 10.2. The van der Waals surface area contributed by atoms with Gasteiger partial charge in [-0.05, 0) is 80.8 Å². The van der Waals surface area contributed by atoms with E-state index in [4.69, 9.17) is 0 Å². The van der Waals surface area contributed by atoms with Gasteiger partial charge in [-0.25, -0.2) is 0 Å². The standard InChI is InChI=1S/C22H30Br2S2/c1-3-5-7-9-11-19(21-13-17(23)15-25-21)20(12-10-8-6-4-2)22-14-18(24)16-26-22/h13-16H,3-12H2,1-2H3/b20-19+. The molecule has 4 heteroatoms. The smallest absolute Gasteiger partial charge is 0.0317 e. The van der Waals surface area contributed by atoms with E-state index in [0.717, 1.165) is 0 Å². The molecule has 0 unspecified atom stereocenters. The fraction of sp³-hybridized carbons (Fsp3) is 0.545. The molecule has 144 valence electrons. The van der Waals surface area contributed by atoms with E-state index in [-0.39, 0.29) is 0 Å². The van der Waals surface area contributed by atoms with Crippen LogP contribution in [-0.4, -0.2) is 0 Å². The molecule has 0 amide bonds. The summed E-state index contributed by atoms with van der Waals surface area (Å²) < 4.78 is 2.42. The lowest BCUT2D eigenvalue weighted by atomic mass is 9.94. The molecule has 0 atom stereocenters. The Bertz CT molecular complexity index is 624. The summed E-state index contributed by atoms with van der Waals surface area (Å²) in [5.74, 6) is 0. The summed E-state index contributed by atoms with van der Waals surface area (Å²) in [6, 6.07) is 4.63. The molecule has 0 nitrogen and oxygen atoms in total. The highest BCUT2D eigenvalue weighted by Gasteiger charge is 2.15. The number of thiophene rings is 2. The summed E-state index contributed by atoms with van der Waals surface area (Å²) >= 11 is 11.1. The van der Waals surface area contributed by atoms with Crippen LogP contribution in [0.4, 0.5) is 0 Å². The number of hydrogen-bond acceptors (Lipinski definition) is 2. The first-order valence-electron chi connectivity index (χ1n) is 9.86. The van der Waals surface area contributed by atoms with E-state index in [1.165, 1.54) is 82.9 Å². The number of allylic oxidation sites excluding steroid dienone is 2. The van der Waals surface area contributed by atoms with Crippen LogP contribution in [0.2, 0.25) is 0 Å². The third-order valence-electron chi connectivity index (χ3n) is 4.65. The molecule has 0 N–H and O–H groups in total. The van der Waals surface area contributed by atoms with Crippen molar-refractivity contribution in [2.45, 2.75) is 78.1 Å². The van der Waals surface area contributed by atoms with E-state index >= 15 is 0 Å². The summed E-state index contributed by atoms with van der Waals surface area (Å²) in [4.78, 5) is 2.90. The van der Waals surface area contributed by atoms with Gasteiger partial charge in [0.2, 0.25) is 0 Å². The zero-order valence-electron chi connectivity index (χ0n) is 16.0. The summed E-state index contributed by atoms with van der Waals surface area (Å²) in [6.07, 6.45) is 12.9. The predicted molar refractivity (Wildman–Crippen MR) is 128 cm³/mol. The number of halogens is 2. The molecule has 2 heterocycles. The van der Waals surface area contributed by atoms with Gasteiger partial charge in [-0.3, -0.25) is 0 Å². The summed E-state index contributed by atoms with van der Waals surface area (Å²) in [5.41, 5.74) is 3.17. The zero-order chi connectivity index (χ0) is 18.8. The molecule has 0 saturated carbocycles. The fourth-order valence-corrected chi connectivity index (χ4v) is 6.31. The number of rotatable bonds is 12. The third-order valence-corrected chi connectivity index (χ3v) is 8.16. The molecule has 2 rings (SSSR count). The van der Waals surface area contributed by atoms with Gasteiger partial charge in [-0.1, -0.05) is 52.4 Å². The Morgan fingerprint density at radius 2 is 1.12 bits per heavy atom. The summed E-state index contributed by atoms with van der Waals surface area (Å²) in [7, 11) is 0. The van der Waals surface area contributed by atoms with Crippen LogP contribution in [0.1, 0.15) is 87.8 Å². The lowest BCUT2D eigenvalue weighted by Gasteiger charge is -2.14. The Morgan fingerprint density at radius 1 is 0.692 bits per heavy atom. The van der Waals surface area contributed by atoms with Crippen molar-refractivity contribution in [2.24, 2.45) is 0 Å². The van der Waals surface area contributed by atoms with Gasteiger partial charge in [0, 0.05) is 29.5 Å². The van der Waals surface area contributed by atoms with E-state index in [9.17, 15) is 0 Å². The maximum absolute atomic E-state index is 3.66. The van der Waals surface area contributed by atoms with Gasteiger partial charge < -0.3 is 0 Å². The molecule has 0 fully saturated rings. The average molecular weight is 518 g/mol. The van der Waals surface area contributed by atoms with Gasteiger partial charge in [0.15, 0.2) is 0 Å². The van der Waals surface area contributed by atoms with Gasteiger partial charge in [0.05, 0.1) is 0 Å². The molecule has 0 aliphatic carbocycles. The van der Waals surface area contributed by atoms with Crippen molar-refractivity contribution >= 4 is 65.7 Å². The second-order valence-corrected chi connectivity index (χ2v) is 10.5. The van der Waals surface area contributed by atoms with Crippen LogP contribution in [0.3, 0.4) is 0 Å². The van der Waals surface area contributed by atoms with E-state index < -0.39 is 0 Å². The van der Waals surface area contributed by atoms with Crippen molar-refractivity contribution in [3.8, 4) is 0 Å². The van der Waals surface area contributed by atoms with Crippen molar-refractivity contribution in [3.63, 3.8) is 0 Å².